The third kappa shape index (κ3) is 5.03. The van der Waals surface area contributed by atoms with Gasteiger partial charge in [0.2, 0.25) is 0 Å². The van der Waals surface area contributed by atoms with Crippen LogP contribution >= 0.6 is 11.3 Å². The van der Waals surface area contributed by atoms with Crippen molar-refractivity contribution < 1.29 is 28.7 Å². The number of methoxy groups -OCH3 is 3. The number of carbonyl (C=O) groups is 2. The fourth-order valence-electron chi connectivity index (χ4n) is 4.18. The Morgan fingerprint density at radius 3 is 2.39 bits per heavy atom. The molecule has 0 bridgehead atoms. The molecule has 4 rings (SSSR count). The first kappa shape index (κ1) is 25.2. The van der Waals surface area contributed by atoms with Gasteiger partial charge in [0.05, 0.1) is 36.5 Å². The van der Waals surface area contributed by atoms with Crippen molar-refractivity contribution in [2.24, 2.45) is 4.99 Å². The van der Waals surface area contributed by atoms with Crippen LogP contribution in [0.3, 0.4) is 0 Å². The van der Waals surface area contributed by atoms with Crippen LogP contribution in [0, 0.1) is 10.1 Å². The van der Waals surface area contributed by atoms with E-state index in [0.29, 0.717) is 27.4 Å². The zero-order valence-electron chi connectivity index (χ0n) is 20.2. The molecule has 0 N–H and O–H groups in total. The molecular weight excluding hydrogens is 488 g/mol. The van der Waals surface area contributed by atoms with E-state index in [-0.39, 0.29) is 22.6 Å². The maximum atomic E-state index is 13.1. The molecule has 1 amide bonds. The van der Waals surface area contributed by atoms with Crippen LogP contribution < -0.4 is 19.2 Å². The highest BCUT2D eigenvalue weighted by molar-refractivity contribution is 7.16. The molecule has 36 heavy (non-hydrogen) atoms. The molecule has 0 atom stereocenters. The first-order chi connectivity index (χ1) is 17.4. The number of aromatic nitrogens is 1. The molecular formula is C24H26N4O7S. The summed E-state index contributed by atoms with van der Waals surface area (Å²) in [5.74, 6) is -0.256. The normalized spacial score (nSPS) is 14.1. The minimum atomic E-state index is -0.660. The van der Waals surface area contributed by atoms with Crippen LogP contribution in [0.1, 0.15) is 29.6 Å². The van der Waals surface area contributed by atoms with Crippen LogP contribution in [-0.2, 0) is 16.1 Å². The number of hydrogen-bond donors (Lipinski definition) is 0. The molecule has 0 aliphatic carbocycles. The Morgan fingerprint density at radius 1 is 1.06 bits per heavy atom. The van der Waals surface area contributed by atoms with Gasteiger partial charge in [0, 0.05) is 36.9 Å². The number of nitrogens with zero attached hydrogens (tertiary/aromatic N) is 4. The third-order valence-electron chi connectivity index (χ3n) is 6.02. The van der Waals surface area contributed by atoms with Crippen molar-refractivity contribution in [3.05, 3.63) is 50.8 Å². The lowest BCUT2D eigenvalue weighted by Gasteiger charge is -2.28. The van der Waals surface area contributed by atoms with E-state index in [1.165, 1.54) is 38.7 Å². The third-order valence-corrected chi connectivity index (χ3v) is 7.06. The molecule has 0 radical (unpaired) electrons. The summed E-state index contributed by atoms with van der Waals surface area (Å²) < 4.78 is 17.8. The van der Waals surface area contributed by atoms with Gasteiger partial charge < -0.3 is 23.7 Å². The summed E-state index contributed by atoms with van der Waals surface area (Å²) in [5, 5.41) is 11.8. The molecule has 11 nitrogen and oxygen atoms in total. The van der Waals surface area contributed by atoms with E-state index >= 15 is 0 Å². The first-order valence-electron chi connectivity index (χ1n) is 11.3. The fraction of sp³-hybridized carbons (Fsp3) is 0.375. The SMILES string of the molecule is COC(=O)Cn1c(=NC(=O)c2ccc(N3CCCCC3)c([N+](=O)[O-])c2)sc2cc(OC)c(OC)cc21. The lowest BCUT2D eigenvalue weighted by atomic mass is 10.1. The van der Waals surface area contributed by atoms with Gasteiger partial charge in [-0.25, -0.2) is 0 Å². The summed E-state index contributed by atoms with van der Waals surface area (Å²) in [6, 6.07) is 7.84. The summed E-state index contributed by atoms with van der Waals surface area (Å²) in [6.07, 6.45) is 3.03. The number of nitro benzene ring substituents is 1. The number of hydrogen-bond acceptors (Lipinski definition) is 9. The average molecular weight is 515 g/mol. The summed E-state index contributed by atoms with van der Waals surface area (Å²) in [4.78, 5) is 43.0. The molecule has 1 saturated heterocycles. The molecule has 0 spiro atoms. The zero-order valence-corrected chi connectivity index (χ0v) is 21.0. The largest absolute Gasteiger partial charge is 0.493 e. The minimum absolute atomic E-state index is 0.0831. The van der Waals surface area contributed by atoms with Crippen molar-refractivity contribution in [3.63, 3.8) is 0 Å². The van der Waals surface area contributed by atoms with Crippen LogP contribution in [0.15, 0.2) is 35.3 Å². The zero-order chi connectivity index (χ0) is 25.8. The molecule has 2 heterocycles. The highest BCUT2D eigenvalue weighted by Crippen LogP contribution is 2.34. The molecule has 2 aromatic carbocycles. The molecule has 0 unspecified atom stereocenters. The van der Waals surface area contributed by atoms with Gasteiger partial charge in [-0.1, -0.05) is 11.3 Å². The first-order valence-corrected chi connectivity index (χ1v) is 12.1. The predicted octanol–water partition coefficient (Wildman–Crippen LogP) is 3.53. The Labute approximate surface area is 210 Å². The van der Waals surface area contributed by atoms with E-state index in [1.807, 2.05) is 4.90 Å². The standard InChI is InChI=1S/C24H26N4O7S/c1-33-19-12-18-21(13-20(19)34-2)36-24(27(18)14-22(29)35-3)25-23(30)15-7-8-16(17(11-15)28(31)32)26-9-5-4-6-10-26/h7-8,11-13H,4-6,9-10,14H2,1-3H3. The van der Waals surface area contributed by atoms with E-state index in [1.54, 1.807) is 28.8 Å². The maximum Gasteiger partial charge on any atom is 0.325 e. The van der Waals surface area contributed by atoms with Crippen LogP contribution in [0.4, 0.5) is 11.4 Å². The molecule has 190 valence electrons. The minimum Gasteiger partial charge on any atom is -0.493 e. The Morgan fingerprint density at radius 2 is 1.75 bits per heavy atom. The molecule has 0 saturated carbocycles. The highest BCUT2D eigenvalue weighted by Gasteiger charge is 2.23. The summed E-state index contributed by atoms with van der Waals surface area (Å²) >= 11 is 1.17. The predicted molar refractivity (Wildman–Crippen MR) is 134 cm³/mol. The monoisotopic (exact) mass is 514 g/mol. The van der Waals surface area contributed by atoms with E-state index < -0.39 is 16.8 Å². The van der Waals surface area contributed by atoms with Crippen molar-refractivity contribution in [2.45, 2.75) is 25.8 Å². The lowest BCUT2D eigenvalue weighted by molar-refractivity contribution is -0.384. The topological polar surface area (TPSA) is 126 Å². The quantitative estimate of drug-likeness (QED) is 0.266. The smallest absolute Gasteiger partial charge is 0.325 e. The number of thiazole rings is 1. The van der Waals surface area contributed by atoms with Gasteiger partial charge in [-0.2, -0.15) is 4.99 Å². The van der Waals surface area contributed by atoms with Gasteiger partial charge >= 0.3 is 5.97 Å². The molecule has 1 fully saturated rings. The molecule has 1 aliphatic rings. The fourth-order valence-corrected chi connectivity index (χ4v) is 5.22. The molecule has 1 aromatic heterocycles. The number of piperidine rings is 1. The van der Waals surface area contributed by atoms with Gasteiger partial charge in [0.1, 0.15) is 12.2 Å². The number of ether oxygens (including phenoxy) is 3. The Hall–Kier alpha value is -3.93. The Balaban J connectivity index is 1.80. The van der Waals surface area contributed by atoms with Crippen molar-refractivity contribution in [1.82, 2.24) is 4.57 Å². The van der Waals surface area contributed by atoms with Crippen molar-refractivity contribution >= 4 is 44.8 Å². The van der Waals surface area contributed by atoms with Crippen LogP contribution in [-0.4, -0.2) is 55.8 Å². The maximum absolute atomic E-state index is 13.1. The van der Waals surface area contributed by atoms with E-state index in [2.05, 4.69) is 4.99 Å². The summed E-state index contributed by atoms with van der Waals surface area (Å²) in [6.45, 7) is 1.29. The number of nitro groups is 1. The van der Waals surface area contributed by atoms with Crippen LogP contribution in [0.5, 0.6) is 11.5 Å². The second kappa shape index (κ2) is 10.8. The number of anilines is 1. The highest BCUT2D eigenvalue weighted by atomic mass is 32.1. The van der Waals surface area contributed by atoms with Gasteiger partial charge in [-0.15, -0.1) is 0 Å². The molecule has 3 aromatic rings. The van der Waals surface area contributed by atoms with Gasteiger partial charge in [0.15, 0.2) is 16.3 Å². The van der Waals surface area contributed by atoms with Crippen LogP contribution in [0.25, 0.3) is 10.2 Å². The number of amides is 1. The summed E-state index contributed by atoms with van der Waals surface area (Å²) in [7, 11) is 4.27. The van der Waals surface area contributed by atoms with Gasteiger partial charge in [-0.3, -0.25) is 19.7 Å². The van der Waals surface area contributed by atoms with Gasteiger partial charge in [-0.05, 0) is 31.4 Å². The molecule has 12 heteroatoms. The van der Waals surface area contributed by atoms with Crippen molar-refractivity contribution in [3.8, 4) is 11.5 Å². The second-order valence-electron chi connectivity index (χ2n) is 8.15. The second-order valence-corrected chi connectivity index (χ2v) is 9.16. The number of fused-ring (bicyclic) bond motifs is 1. The van der Waals surface area contributed by atoms with Crippen molar-refractivity contribution in [1.29, 1.82) is 0 Å². The van der Waals surface area contributed by atoms with Crippen LogP contribution in [0.2, 0.25) is 0 Å². The van der Waals surface area contributed by atoms with E-state index in [0.717, 1.165) is 32.4 Å². The number of benzene rings is 2. The van der Waals surface area contributed by atoms with Crippen molar-refractivity contribution in [2.75, 3.05) is 39.3 Å². The summed E-state index contributed by atoms with van der Waals surface area (Å²) in [5.41, 5.74) is 1.05. The number of carbonyl (C=O) groups excluding carboxylic acids is 2. The lowest BCUT2D eigenvalue weighted by Crippen LogP contribution is -2.30. The number of esters is 1. The van der Waals surface area contributed by atoms with E-state index in [9.17, 15) is 19.7 Å². The number of rotatable bonds is 7. The Bertz CT molecular complexity index is 1390. The average Bonchev–Trinajstić information content (AvgIpc) is 3.22. The molecule has 1 aliphatic heterocycles. The van der Waals surface area contributed by atoms with E-state index in [4.69, 9.17) is 14.2 Å². The Kier molecular flexibility index (Phi) is 7.53. The van der Waals surface area contributed by atoms with Gasteiger partial charge in [0.25, 0.3) is 11.6 Å².